The van der Waals surface area contributed by atoms with Crippen molar-refractivity contribution in [1.29, 1.82) is 0 Å². The van der Waals surface area contributed by atoms with E-state index in [1.54, 1.807) is 7.11 Å². The predicted molar refractivity (Wildman–Crippen MR) is 109 cm³/mol. The van der Waals surface area contributed by atoms with E-state index in [0.717, 1.165) is 48.0 Å². The van der Waals surface area contributed by atoms with Crippen molar-refractivity contribution in [1.82, 2.24) is 4.90 Å². The standard InChI is InChI=1S/C21H24ClNO2S/c1-25-17-9-6-16(7-10-17)8-11-21(24)23-13-12-20(26-15-14-23)18-4-2-3-5-19(18)22/h2-7,9-10,20H,8,11-15H2,1H3. The zero-order valence-electron chi connectivity index (χ0n) is 15.0. The molecular weight excluding hydrogens is 366 g/mol. The summed E-state index contributed by atoms with van der Waals surface area (Å²) in [6, 6.07) is 16.0. The number of hydrogen-bond acceptors (Lipinski definition) is 3. The van der Waals surface area contributed by atoms with Crippen molar-refractivity contribution in [3.05, 3.63) is 64.7 Å². The molecule has 1 unspecified atom stereocenters. The van der Waals surface area contributed by atoms with Crippen LogP contribution in [0.15, 0.2) is 48.5 Å². The van der Waals surface area contributed by atoms with Crippen molar-refractivity contribution in [2.24, 2.45) is 0 Å². The summed E-state index contributed by atoms with van der Waals surface area (Å²) in [6.07, 6.45) is 2.26. The van der Waals surface area contributed by atoms with Gasteiger partial charge in [-0.3, -0.25) is 4.79 Å². The Bertz CT molecular complexity index is 735. The van der Waals surface area contributed by atoms with E-state index in [9.17, 15) is 4.79 Å². The molecule has 2 aromatic rings. The first-order valence-electron chi connectivity index (χ1n) is 8.94. The topological polar surface area (TPSA) is 29.5 Å². The van der Waals surface area contributed by atoms with Crippen molar-refractivity contribution < 1.29 is 9.53 Å². The fraction of sp³-hybridized carbons (Fsp3) is 0.381. The van der Waals surface area contributed by atoms with E-state index in [4.69, 9.17) is 16.3 Å². The van der Waals surface area contributed by atoms with Gasteiger partial charge in [0.2, 0.25) is 5.91 Å². The van der Waals surface area contributed by atoms with Crippen LogP contribution in [-0.2, 0) is 11.2 Å². The Morgan fingerprint density at radius 3 is 2.69 bits per heavy atom. The fourth-order valence-corrected chi connectivity index (χ4v) is 4.81. The van der Waals surface area contributed by atoms with Crippen molar-refractivity contribution in [3.8, 4) is 5.75 Å². The Labute approximate surface area is 164 Å². The first-order valence-corrected chi connectivity index (χ1v) is 10.4. The fourth-order valence-electron chi connectivity index (χ4n) is 3.21. The van der Waals surface area contributed by atoms with E-state index < -0.39 is 0 Å². The van der Waals surface area contributed by atoms with E-state index in [0.29, 0.717) is 11.7 Å². The Morgan fingerprint density at radius 1 is 1.19 bits per heavy atom. The highest BCUT2D eigenvalue weighted by molar-refractivity contribution is 7.99. The number of aryl methyl sites for hydroxylation is 1. The molecule has 2 aromatic carbocycles. The molecule has 0 N–H and O–H groups in total. The summed E-state index contributed by atoms with van der Waals surface area (Å²) in [5.74, 6) is 2.03. The maximum absolute atomic E-state index is 12.6. The quantitative estimate of drug-likeness (QED) is 0.721. The van der Waals surface area contributed by atoms with Gasteiger partial charge in [-0.25, -0.2) is 0 Å². The molecule has 1 fully saturated rings. The van der Waals surface area contributed by atoms with Crippen LogP contribution in [0, 0.1) is 0 Å². The summed E-state index contributed by atoms with van der Waals surface area (Å²) < 4.78 is 5.17. The number of carbonyl (C=O) groups is 1. The second-order valence-electron chi connectivity index (χ2n) is 6.40. The molecule has 0 aromatic heterocycles. The molecule has 0 bridgehead atoms. The zero-order chi connectivity index (χ0) is 18.4. The van der Waals surface area contributed by atoms with Gasteiger partial charge in [0.1, 0.15) is 5.75 Å². The number of nitrogens with zero attached hydrogens (tertiary/aromatic N) is 1. The molecular formula is C21H24ClNO2S. The van der Waals surface area contributed by atoms with Crippen LogP contribution in [0.5, 0.6) is 5.75 Å². The summed E-state index contributed by atoms with van der Waals surface area (Å²) in [4.78, 5) is 14.6. The summed E-state index contributed by atoms with van der Waals surface area (Å²) in [7, 11) is 1.66. The Balaban J connectivity index is 1.53. The van der Waals surface area contributed by atoms with Crippen LogP contribution in [0.25, 0.3) is 0 Å². The lowest BCUT2D eigenvalue weighted by molar-refractivity contribution is -0.130. The highest BCUT2D eigenvalue weighted by atomic mass is 35.5. The number of halogens is 1. The largest absolute Gasteiger partial charge is 0.497 e. The van der Waals surface area contributed by atoms with Crippen LogP contribution in [0.3, 0.4) is 0 Å². The molecule has 26 heavy (non-hydrogen) atoms. The van der Waals surface area contributed by atoms with Crippen molar-refractivity contribution in [2.75, 3.05) is 26.0 Å². The van der Waals surface area contributed by atoms with Crippen LogP contribution < -0.4 is 4.74 Å². The molecule has 5 heteroatoms. The van der Waals surface area contributed by atoms with Crippen molar-refractivity contribution >= 4 is 29.3 Å². The molecule has 138 valence electrons. The van der Waals surface area contributed by atoms with Crippen LogP contribution in [0.2, 0.25) is 5.02 Å². The van der Waals surface area contributed by atoms with E-state index >= 15 is 0 Å². The number of thioether (sulfide) groups is 1. The second kappa shape index (κ2) is 9.33. The lowest BCUT2D eigenvalue weighted by Gasteiger charge is -2.20. The molecule has 1 amide bonds. The molecule has 1 atom stereocenters. The average Bonchev–Trinajstić information content (AvgIpc) is 2.93. The van der Waals surface area contributed by atoms with Gasteiger partial charge in [-0.05, 0) is 42.2 Å². The number of amides is 1. The van der Waals surface area contributed by atoms with E-state index in [-0.39, 0.29) is 5.91 Å². The average molecular weight is 390 g/mol. The monoisotopic (exact) mass is 389 g/mol. The number of rotatable bonds is 5. The second-order valence-corrected chi connectivity index (χ2v) is 8.12. The van der Waals surface area contributed by atoms with Gasteiger partial charge in [0.25, 0.3) is 0 Å². The van der Waals surface area contributed by atoms with Gasteiger partial charge in [-0.15, -0.1) is 0 Å². The molecule has 1 aliphatic heterocycles. The summed E-state index contributed by atoms with van der Waals surface area (Å²) in [5, 5.41) is 1.19. The van der Waals surface area contributed by atoms with Gasteiger partial charge in [0, 0.05) is 35.5 Å². The third-order valence-electron chi connectivity index (χ3n) is 4.73. The maximum atomic E-state index is 12.6. The maximum Gasteiger partial charge on any atom is 0.222 e. The first kappa shape index (κ1) is 19.1. The van der Waals surface area contributed by atoms with Gasteiger partial charge < -0.3 is 9.64 Å². The Hall–Kier alpha value is -1.65. The number of benzene rings is 2. The minimum Gasteiger partial charge on any atom is -0.497 e. The predicted octanol–water partition coefficient (Wildman–Crippen LogP) is 4.99. The Kier molecular flexibility index (Phi) is 6.86. The molecule has 1 saturated heterocycles. The lowest BCUT2D eigenvalue weighted by Crippen LogP contribution is -2.33. The van der Waals surface area contributed by atoms with Crippen LogP contribution >= 0.6 is 23.4 Å². The lowest BCUT2D eigenvalue weighted by atomic mass is 10.1. The van der Waals surface area contributed by atoms with E-state index in [1.165, 1.54) is 5.56 Å². The highest BCUT2D eigenvalue weighted by Crippen LogP contribution is 2.37. The van der Waals surface area contributed by atoms with Crippen molar-refractivity contribution in [2.45, 2.75) is 24.5 Å². The summed E-state index contributed by atoms with van der Waals surface area (Å²) in [5.41, 5.74) is 2.35. The van der Waals surface area contributed by atoms with Gasteiger partial charge >= 0.3 is 0 Å². The van der Waals surface area contributed by atoms with Gasteiger partial charge in [0.05, 0.1) is 7.11 Å². The van der Waals surface area contributed by atoms with Gasteiger partial charge in [-0.2, -0.15) is 11.8 Å². The molecule has 1 heterocycles. The SMILES string of the molecule is COc1ccc(CCC(=O)N2CCSC(c3ccccc3Cl)CC2)cc1. The molecule has 3 rings (SSSR count). The normalized spacial score (nSPS) is 17.6. The van der Waals surface area contributed by atoms with Crippen molar-refractivity contribution in [3.63, 3.8) is 0 Å². The number of ether oxygens (including phenoxy) is 1. The minimum atomic E-state index is 0.237. The molecule has 0 saturated carbocycles. The number of carbonyl (C=O) groups excluding carboxylic acids is 1. The zero-order valence-corrected chi connectivity index (χ0v) is 16.6. The van der Waals surface area contributed by atoms with E-state index in [2.05, 4.69) is 6.07 Å². The van der Waals surface area contributed by atoms with Crippen LogP contribution in [0.1, 0.15) is 29.2 Å². The summed E-state index contributed by atoms with van der Waals surface area (Å²) in [6.45, 7) is 1.61. The first-order chi connectivity index (χ1) is 12.7. The van der Waals surface area contributed by atoms with Crippen LogP contribution in [-0.4, -0.2) is 36.8 Å². The van der Waals surface area contributed by atoms with Crippen LogP contribution in [0.4, 0.5) is 0 Å². The minimum absolute atomic E-state index is 0.237. The smallest absolute Gasteiger partial charge is 0.222 e. The number of hydrogen-bond donors (Lipinski definition) is 0. The third kappa shape index (κ3) is 4.95. The third-order valence-corrected chi connectivity index (χ3v) is 6.39. The highest BCUT2D eigenvalue weighted by Gasteiger charge is 2.23. The molecule has 0 spiro atoms. The van der Waals surface area contributed by atoms with Gasteiger partial charge in [-0.1, -0.05) is 41.9 Å². The molecule has 0 aliphatic carbocycles. The number of methoxy groups -OCH3 is 1. The molecule has 3 nitrogen and oxygen atoms in total. The molecule has 0 radical (unpaired) electrons. The van der Waals surface area contributed by atoms with E-state index in [1.807, 2.05) is 59.1 Å². The molecule has 1 aliphatic rings. The van der Waals surface area contributed by atoms with Gasteiger partial charge in [0.15, 0.2) is 0 Å². The Morgan fingerprint density at radius 2 is 1.96 bits per heavy atom. The summed E-state index contributed by atoms with van der Waals surface area (Å²) >= 11 is 8.24.